The van der Waals surface area contributed by atoms with Crippen LogP contribution in [0.1, 0.15) is 12.5 Å². The standard InChI is InChI=1S/C22H22N4O2S/c1-3-15-26-19(18-13-9-6-10-14-18)20(24-22(27)28-4-2)29-21(26)25-23-16-17-11-7-5-8-12-17/h3,5-14,16H,1,4,15H2,2H3,(H,24,27). The second-order valence-electron chi connectivity index (χ2n) is 5.93. The molecule has 1 aromatic heterocycles. The van der Waals surface area contributed by atoms with E-state index in [1.54, 1.807) is 19.2 Å². The molecule has 0 unspecified atom stereocenters. The molecule has 0 bridgehead atoms. The predicted octanol–water partition coefficient (Wildman–Crippen LogP) is 4.91. The Labute approximate surface area is 173 Å². The summed E-state index contributed by atoms with van der Waals surface area (Å²) in [6, 6.07) is 19.5. The van der Waals surface area contributed by atoms with Crippen LogP contribution in [0, 0.1) is 0 Å². The molecule has 3 aromatic rings. The molecule has 1 heterocycles. The Balaban J connectivity index is 2.09. The summed E-state index contributed by atoms with van der Waals surface area (Å²) >= 11 is 1.33. The monoisotopic (exact) mass is 406 g/mol. The highest BCUT2D eigenvalue weighted by Crippen LogP contribution is 2.31. The number of aromatic nitrogens is 1. The molecule has 0 atom stereocenters. The number of nitrogens with zero attached hydrogens (tertiary/aromatic N) is 3. The van der Waals surface area contributed by atoms with Gasteiger partial charge in [-0.15, -0.1) is 11.7 Å². The lowest BCUT2D eigenvalue weighted by atomic mass is 10.1. The van der Waals surface area contributed by atoms with E-state index in [1.165, 1.54) is 11.3 Å². The predicted molar refractivity (Wildman–Crippen MR) is 118 cm³/mol. The highest BCUT2D eigenvalue weighted by atomic mass is 32.1. The van der Waals surface area contributed by atoms with Gasteiger partial charge in [-0.3, -0.25) is 5.32 Å². The average Bonchev–Trinajstić information content (AvgIpc) is 3.06. The summed E-state index contributed by atoms with van der Waals surface area (Å²) in [4.78, 5) is 12.7. The van der Waals surface area contributed by atoms with Crippen LogP contribution in [-0.4, -0.2) is 23.5 Å². The highest BCUT2D eigenvalue weighted by Gasteiger charge is 2.17. The van der Waals surface area contributed by atoms with Crippen LogP contribution < -0.4 is 10.1 Å². The van der Waals surface area contributed by atoms with Crippen LogP contribution in [0.4, 0.5) is 9.80 Å². The Bertz CT molecular complexity index is 1050. The summed E-state index contributed by atoms with van der Waals surface area (Å²) in [6.45, 7) is 6.43. The summed E-state index contributed by atoms with van der Waals surface area (Å²) in [7, 11) is 0. The lowest BCUT2D eigenvalue weighted by Gasteiger charge is -2.10. The van der Waals surface area contributed by atoms with E-state index in [0.29, 0.717) is 23.0 Å². The summed E-state index contributed by atoms with van der Waals surface area (Å²) < 4.78 is 7.02. The Morgan fingerprint density at radius 3 is 2.52 bits per heavy atom. The molecule has 0 saturated heterocycles. The molecule has 3 rings (SSSR count). The first-order valence-electron chi connectivity index (χ1n) is 9.18. The van der Waals surface area contributed by atoms with Crippen LogP contribution in [0.25, 0.3) is 11.3 Å². The number of hydrogen-bond donors (Lipinski definition) is 1. The van der Waals surface area contributed by atoms with Gasteiger partial charge in [-0.2, -0.15) is 5.10 Å². The summed E-state index contributed by atoms with van der Waals surface area (Å²) in [6.07, 6.45) is 2.97. The molecule has 0 fully saturated rings. The molecule has 1 amide bonds. The first-order chi connectivity index (χ1) is 14.2. The van der Waals surface area contributed by atoms with Crippen molar-refractivity contribution in [3.05, 3.63) is 83.7 Å². The van der Waals surface area contributed by atoms with Crippen molar-refractivity contribution in [3.8, 4) is 11.3 Å². The Hall–Kier alpha value is -3.45. The number of carbonyl (C=O) groups is 1. The summed E-state index contributed by atoms with van der Waals surface area (Å²) in [5.74, 6) is 0. The topological polar surface area (TPSA) is 68.0 Å². The first kappa shape index (κ1) is 20.3. The van der Waals surface area contributed by atoms with E-state index in [2.05, 4.69) is 22.1 Å². The molecule has 6 nitrogen and oxygen atoms in total. The van der Waals surface area contributed by atoms with Gasteiger partial charge in [0.15, 0.2) is 0 Å². The van der Waals surface area contributed by atoms with Gasteiger partial charge in [-0.05, 0) is 12.5 Å². The van der Waals surface area contributed by atoms with Crippen molar-refractivity contribution in [1.29, 1.82) is 0 Å². The molecule has 29 heavy (non-hydrogen) atoms. The normalized spacial score (nSPS) is 11.6. The van der Waals surface area contributed by atoms with Gasteiger partial charge in [0.05, 0.1) is 18.5 Å². The van der Waals surface area contributed by atoms with Crippen LogP contribution in [0.5, 0.6) is 0 Å². The number of nitrogens with one attached hydrogen (secondary N) is 1. The fourth-order valence-electron chi connectivity index (χ4n) is 2.70. The third-order valence-electron chi connectivity index (χ3n) is 3.91. The quantitative estimate of drug-likeness (QED) is 0.344. The second-order valence-corrected chi connectivity index (χ2v) is 6.91. The van der Waals surface area contributed by atoms with Crippen LogP contribution in [-0.2, 0) is 11.3 Å². The number of carbonyl (C=O) groups excluding carboxylic acids is 1. The lowest BCUT2D eigenvalue weighted by molar-refractivity contribution is 0.168. The zero-order valence-electron chi connectivity index (χ0n) is 16.1. The largest absolute Gasteiger partial charge is 0.450 e. The number of rotatable bonds is 7. The minimum Gasteiger partial charge on any atom is -0.450 e. The Morgan fingerprint density at radius 1 is 1.17 bits per heavy atom. The number of anilines is 1. The zero-order valence-corrected chi connectivity index (χ0v) is 16.9. The Morgan fingerprint density at radius 2 is 1.86 bits per heavy atom. The van der Waals surface area contributed by atoms with Crippen molar-refractivity contribution in [1.82, 2.24) is 4.57 Å². The number of thiazole rings is 1. The van der Waals surface area contributed by atoms with Gasteiger partial charge in [0, 0.05) is 12.1 Å². The number of ether oxygens (including phenoxy) is 1. The fraction of sp³-hybridized carbons (Fsp3) is 0.136. The van der Waals surface area contributed by atoms with Gasteiger partial charge in [0.25, 0.3) is 0 Å². The van der Waals surface area contributed by atoms with Gasteiger partial charge in [-0.1, -0.05) is 78.1 Å². The van der Waals surface area contributed by atoms with Crippen molar-refractivity contribution >= 4 is 28.6 Å². The molecular formula is C22H22N4O2S. The van der Waals surface area contributed by atoms with Crippen LogP contribution >= 0.6 is 11.3 Å². The van der Waals surface area contributed by atoms with E-state index >= 15 is 0 Å². The summed E-state index contributed by atoms with van der Waals surface area (Å²) in [5, 5.41) is 12.1. The number of benzene rings is 2. The second kappa shape index (κ2) is 10.2. The smallest absolute Gasteiger partial charge is 0.412 e. The first-order valence-corrected chi connectivity index (χ1v) is 10.0. The fourth-order valence-corrected chi connectivity index (χ4v) is 3.70. The molecule has 0 saturated carbocycles. The van der Waals surface area contributed by atoms with Gasteiger partial charge >= 0.3 is 6.09 Å². The molecule has 0 aliphatic carbocycles. The van der Waals surface area contributed by atoms with Gasteiger partial charge in [-0.25, -0.2) is 4.79 Å². The molecule has 2 aromatic carbocycles. The van der Waals surface area contributed by atoms with Gasteiger partial charge < -0.3 is 9.30 Å². The highest BCUT2D eigenvalue weighted by molar-refractivity contribution is 7.14. The maximum Gasteiger partial charge on any atom is 0.412 e. The minimum atomic E-state index is -0.504. The van der Waals surface area contributed by atoms with Crippen LogP contribution in [0.3, 0.4) is 0 Å². The van der Waals surface area contributed by atoms with E-state index in [1.807, 2.05) is 65.2 Å². The Kier molecular flexibility index (Phi) is 7.13. The van der Waals surface area contributed by atoms with E-state index in [-0.39, 0.29) is 0 Å². The lowest BCUT2D eigenvalue weighted by Crippen LogP contribution is -2.15. The molecule has 0 aliphatic rings. The third-order valence-corrected chi connectivity index (χ3v) is 4.89. The van der Waals surface area contributed by atoms with Crippen molar-refractivity contribution in [3.63, 3.8) is 0 Å². The zero-order chi connectivity index (χ0) is 20.5. The van der Waals surface area contributed by atoms with Crippen molar-refractivity contribution < 1.29 is 9.53 Å². The van der Waals surface area contributed by atoms with Crippen molar-refractivity contribution in [2.75, 3.05) is 11.9 Å². The summed E-state index contributed by atoms with van der Waals surface area (Å²) in [5.41, 5.74) is 2.74. The van der Waals surface area contributed by atoms with Crippen LogP contribution in [0.15, 0.2) is 83.5 Å². The van der Waals surface area contributed by atoms with E-state index < -0.39 is 6.09 Å². The molecular weight excluding hydrogens is 384 g/mol. The van der Waals surface area contributed by atoms with Crippen molar-refractivity contribution in [2.45, 2.75) is 13.5 Å². The van der Waals surface area contributed by atoms with E-state index in [0.717, 1.165) is 16.8 Å². The maximum atomic E-state index is 12.1. The molecule has 0 spiro atoms. The number of allylic oxidation sites excluding steroid dienone is 1. The maximum absolute atomic E-state index is 12.1. The minimum absolute atomic E-state index is 0.295. The number of amides is 1. The number of hydrogen-bond acceptors (Lipinski definition) is 5. The van der Waals surface area contributed by atoms with E-state index in [9.17, 15) is 4.79 Å². The van der Waals surface area contributed by atoms with Crippen LogP contribution in [0.2, 0.25) is 0 Å². The van der Waals surface area contributed by atoms with Gasteiger partial charge in [0.1, 0.15) is 5.00 Å². The molecule has 1 N–H and O–H groups in total. The molecule has 7 heteroatoms. The SMILES string of the molecule is C=CCn1c(-c2ccccc2)c(NC(=O)OCC)sc1=NN=Cc1ccccc1. The third kappa shape index (κ3) is 5.30. The average molecular weight is 407 g/mol. The van der Waals surface area contributed by atoms with E-state index in [4.69, 9.17) is 4.74 Å². The van der Waals surface area contributed by atoms with Gasteiger partial charge in [0.2, 0.25) is 4.80 Å². The van der Waals surface area contributed by atoms with Crippen molar-refractivity contribution in [2.24, 2.45) is 10.2 Å². The molecule has 0 aliphatic heterocycles. The molecule has 148 valence electrons. The molecule has 0 radical (unpaired) electrons.